The second-order valence-electron chi connectivity index (χ2n) is 4.27. The Morgan fingerprint density at radius 2 is 2.16 bits per heavy atom. The Morgan fingerprint density at radius 3 is 2.79 bits per heavy atom. The minimum absolute atomic E-state index is 0.166. The number of rotatable bonds is 3. The number of nitrogens with zero attached hydrogens (tertiary/aromatic N) is 1. The van der Waals surface area contributed by atoms with Gasteiger partial charge in [0.05, 0.1) is 17.9 Å². The molecular formula is C13H15NO5. The highest BCUT2D eigenvalue weighted by Gasteiger charge is 2.28. The van der Waals surface area contributed by atoms with Crippen LogP contribution in [0.4, 0.5) is 4.79 Å². The van der Waals surface area contributed by atoms with Crippen molar-refractivity contribution in [3.63, 3.8) is 0 Å². The lowest BCUT2D eigenvalue weighted by atomic mass is 10.2. The Balaban J connectivity index is 2.56. The molecule has 2 rings (SSSR count). The van der Waals surface area contributed by atoms with Gasteiger partial charge in [0, 0.05) is 13.2 Å². The largest absolute Gasteiger partial charge is 0.823 e. The molecule has 0 fully saturated rings. The van der Waals surface area contributed by atoms with Crippen LogP contribution in [0, 0.1) is 0 Å². The van der Waals surface area contributed by atoms with Crippen molar-refractivity contribution in [3.05, 3.63) is 30.3 Å². The first-order valence-electron chi connectivity index (χ1n) is 5.86. The van der Waals surface area contributed by atoms with E-state index in [0.29, 0.717) is 11.0 Å². The summed E-state index contributed by atoms with van der Waals surface area (Å²) in [6, 6.07) is 3.22. The highest BCUT2D eigenvalue weighted by Crippen LogP contribution is 2.21. The third kappa shape index (κ3) is 2.59. The van der Waals surface area contributed by atoms with Crippen LogP contribution >= 0.6 is 0 Å². The number of hydrogen-bond acceptors (Lipinski definition) is 5. The highest BCUT2D eigenvalue weighted by atomic mass is 16.6. The first kappa shape index (κ1) is 13.5. The monoisotopic (exact) mass is 265 g/mol. The summed E-state index contributed by atoms with van der Waals surface area (Å²) in [5.74, 6) is 0. The summed E-state index contributed by atoms with van der Waals surface area (Å²) in [7, 11) is 1.29. The van der Waals surface area contributed by atoms with Gasteiger partial charge in [0.1, 0.15) is 11.7 Å². The average molecular weight is 265 g/mol. The van der Waals surface area contributed by atoms with Gasteiger partial charge in [0.2, 0.25) is 5.69 Å². The number of carbonyl (C=O) groups is 1. The van der Waals surface area contributed by atoms with Crippen molar-refractivity contribution >= 4 is 17.1 Å². The second-order valence-corrected chi connectivity index (χ2v) is 4.27. The predicted molar refractivity (Wildman–Crippen MR) is 63.2 cm³/mol. The van der Waals surface area contributed by atoms with Crippen LogP contribution in [0.3, 0.4) is 0 Å². The standard InChI is InChI=1S/C13H15NO5/c1-8(2)19-13(16)14-6-4-10-9(5-7-18-10)11(14)12(15)17-3/h4-8,12H,1-3H3. The molecule has 0 saturated carbocycles. The summed E-state index contributed by atoms with van der Waals surface area (Å²) in [4.78, 5) is 12.0. The molecule has 0 spiro atoms. The molecule has 0 N–H and O–H groups in total. The Hall–Kier alpha value is -1.92. The Morgan fingerprint density at radius 1 is 1.42 bits per heavy atom. The van der Waals surface area contributed by atoms with Gasteiger partial charge in [-0.2, -0.15) is 4.79 Å². The Labute approximate surface area is 110 Å². The van der Waals surface area contributed by atoms with Crippen molar-refractivity contribution in [3.8, 4) is 0 Å². The second kappa shape index (κ2) is 5.38. The van der Waals surface area contributed by atoms with Crippen LogP contribution in [0.5, 0.6) is 0 Å². The predicted octanol–water partition coefficient (Wildman–Crippen LogP) is 1.12. The maximum absolute atomic E-state index is 12.0. The van der Waals surface area contributed by atoms with Crippen LogP contribution in [0.2, 0.25) is 0 Å². The molecule has 0 aliphatic carbocycles. The van der Waals surface area contributed by atoms with E-state index in [1.807, 2.05) is 0 Å². The lowest BCUT2D eigenvalue weighted by molar-refractivity contribution is -0.631. The SMILES string of the molecule is COC([O-])c1c2ccoc2cc[n+]1C(=O)OC(C)C. The number of pyridine rings is 1. The van der Waals surface area contributed by atoms with E-state index < -0.39 is 12.4 Å². The van der Waals surface area contributed by atoms with Gasteiger partial charge in [-0.15, -0.1) is 0 Å². The average Bonchev–Trinajstić information content (AvgIpc) is 2.83. The number of carbonyl (C=O) groups excluding carboxylic acids is 1. The van der Waals surface area contributed by atoms with Crippen molar-refractivity contribution < 1.29 is 28.4 Å². The van der Waals surface area contributed by atoms with Gasteiger partial charge in [0.15, 0.2) is 6.20 Å². The molecular weight excluding hydrogens is 250 g/mol. The van der Waals surface area contributed by atoms with E-state index in [-0.39, 0.29) is 11.8 Å². The fraction of sp³-hybridized carbons (Fsp3) is 0.385. The molecule has 2 aromatic heterocycles. The smallest absolute Gasteiger partial charge is 0.602 e. The number of aromatic nitrogens is 1. The van der Waals surface area contributed by atoms with Gasteiger partial charge in [0.25, 0.3) is 0 Å². The fourth-order valence-corrected chi connectivity index (χ4v) is 1.78. The van der Waals surface area contributed by atoms with E-state index in [0.717, 1.165) is 4.57 Å². The summed E-state index contributed by atoms with van der Waals surface area (Å²) >= 11 is 0. The van der Waals surface area contributed by atoms with Crippen molar-refractivity contribution in [2.45, 2.75) is 26.2 Å². The number of ether oxygens (including phenoxy) is 2. The van der Waals surface area contributed by atoms with Crippen LogP contribution in [0.25, 0.3) is 11.0 Å². The van der Waals surface area contributed by atoms with E-state index in [2.05, 4.69) is 0 Å². The van der Waals surface area contributed by atoms with Gasteiger partial charge in [-0.25, -0.2) is 0 Å². The third-order valence-corrected chi connectivity index (χ3v) is 2.58. The van der Waals surface area contributed by atoms with Crippen molar-refractivity contribution in [2.75, 3.05) is 7.11 Å². The molecule has 0 aliphatic rings. The maximum atomic E-state index is 12.0. The highest BCUT2D eigenvalue weighted by molar-refractivity contribution is 5.79. The molecule has 6 heteroatoms. The number of fused-ring (bicyclic) bond motifs is 1. The number of methoxy groups -OCH3 is 1. The van der Waals surface area contributed by atoms with E-state index in [9.17, 15) is 9.90 Å². The zero-order valence-corrected chi connectivity index (χ0v) is 11.0. The molecule has 102 valence electrons. The fourth-order valence-electron chi connectivity index (χ4n) is 1.78. The first-order valence-corrected chi connectivity index (χ1v) is 5.86. The summed E-state index contributed by atoms with van der Waals surface area (Å²) < 4.78 is 16.2. The molecule has 1 unspecified atom stereocenters. The quantitative estimate of drug-likeness (QED) is 0.614. The number of furan rings is 1. The normalized spacial score (nSPS) is 12.9. The molecule has 2 heterocycles. The molecule has 2 aromatic rings. The third-order valence-electron chi connectivity index (χ3n) is 2.58. The van der Waals surface area contributed by atoms with Gasteiger partial charge in [-0.1, -0.05) is 4.57 Å². The van der Waals surface area contributed by atoms with Gasteiger partial charge < -0.3 is 19.0 Å². The molecule has 6 nitrogen and oxygen atoms in total. The van der Waals surface area contributed by atoms with Crippen LogP contribution < -0.4 is 9.67 Å². The van der Waals surface area contributed by atoms with Crippen LogP contribution in [-0.4, -0.2) is 19.3 Å². The maximum Gasteiger partial charge on any atom is 0.602 e. The van der Waals surface area contributed by atoms with Gasteiger partial charge >= 0.3 is 6.09 Å². The van der Waals surface area contributed by atoms with Crippen molar-refractivity contribution in [1.29, 1.82) is 0 Å². The van der Waals surface area contributed by atoms with Gasteiger partial charge in [-0.3, -0.25) is 0 Å². The molecule has 0 radical (unpaired) electrons. The summed E-state index contributed by atoms with van der Waals surface area (Å²) in [5, 5.41) is 12.5. The summed E-state index contributed by atoms with van der Waals surface area (Å²) in [5.41, 5.74) is 0.681. The van der Waals surface area contributed by atoms with Crippen LogP contribution in [0.1, 0.15) is 25.8 Å². The first-order chi connectivity index (χ1) is 9.04. The van der Waals surface area contributed by atoms with Crippen LogP contribution in [0.15, 0.2) is 29.0 Å². The molecule has 0 aliphatic heterocycles. The Bertz CT molecular complexity index is 590. The molecule has 0 saturated heterocycles. The molecule has 0 aromatic carbocycles. The van der Waals surface area contributed by atoms with Crippen molar-refractivity contribution in [2.24, 2.45) is 0 Å². The topological polar surface area (TPSA) is 75.6 Å². The lowest BCUT2D eigenvalue weighted by Gasteiger charge is -2.18. The molecule has 0 amide bonds. The zero-order valence-electron chi connectivity index (χ0n) is 11.0. The summed E-state index contributed by atoms with van der Waals surface area (Å²) in [6.45, 7) is 3.47. The Kier molecular flexibility index (Phi) is 3.82. The minimum Gasteiger partial charge on any atom is -0.823 e. The minimum atomic E-state index is -1.50. The molecule has 0 bridgehead atoms. The van der Waals surface area contributed by atoms with E-state index >= 15 is 0 Å². The van der Waals surface area contributed by atoms with E-state index in [4.69, 9.17) is 13.9 Å². The molecule has 1 atom stereocenters. The van der Waals surface area contributed by atoms with E-state index in [1.54, 1.807) is 26.0 Å². The summed E-state index contributed by atoms with van der Waals surface area (Å²) in [6.07, 6.45) is 0.498. The zero-order chi connectivity index (χ0) is 14.0. The lowest BCUT2D eigenvalue weighted by Crippen LogP contribution is -2.50. The van der Waals surface area contributed by atoms with Gasteiger partial charge in [-0.05, 0) is 19.9 Å². The van der Waals surface area contributed by atoms with E-state index in [1.165, 1.54) is 19.6 Å². The van der Waals surface area contributed by atoms with Crippen LogP contribution in [-0.2, 0) is 9.47 Å². The molecule has 19 heavy (non-hydrogen) atoms. The van der Waals surface area contributed by atoms with Crippen molar-refractivity contribution in [1.82, 2.24) is 0 Å². The number of hydrogen-bond donors (Lipinski definition) is 0.